The molecule has 0 fully saturated rings. The first-order valence-electron chi connectivity index (χ1n) is 5.75. The Morgan fingerprint density at radius 1 is 1.59 bits per heavy atom. The molecule has 0 bridgehead atoms. The van der Waals surface area contributed by atoms with Crippen molar-refractivity contribution in [3.63, 3.8) is 0 Å². The van der Waals surface area contributed by atoms with Gasteiger partial charge in [-0.1, -0.05) is 6.92 Å². The molecule has 1 heterocycles. The maximum absolute atomic E-state index is 5.22. The largest absolute Gasteiger partial charge is 0.383 e. The molecule has 1 rings (SSSR count). The molecule has 0 aliphatic heterocycles. The van der Waals surface area contributed by atoms with Gasteiger partial charge in [0.1, 0.15) is 0 Å². The molecule has 0 radical (unpaired) electrons. The van der Waals surface area contributed by atoms with Crippen LogP contribution >= 0.6 is 23.6 Å². The Balaban J connectivity index is 2.33. The highest BCUT2D eigenvalue weighted by Gasteiger charge is 2.05. The third-order valence-electron chi connectivity index (χ3n) is 2.42. The van der Waals surface area contributed by atoms with Gasteiger partial charge in [-0.2, -0.15) is 0 Å². The molecule has 3 nitrogen and oxygen atoms in total. The second-order valence-electron chi connectivity index (χ2n) is 3.91. The Bertz CT molecular complexity index is 352. The smallest absolute Gasteiger partial charge is 0.166 e. The van der Waals surface area contributed by atoms with E-state index in [-0.39, 0.29) is 6.04 Å². The highest BCUT2D eigenvalue weighted by Crippen LogP contribution is 2.16. The Morgan fingerprint density at radius 2 is 2.35 bits per heavy atom. The number of ether oxygens (including phenoxy) is 1. The van der Waals surface area contributed by atoms with Gasteiger partial charge in [-0.15, -0.1) is 11.3 Å². The van der Waals surface area contributed by atoms with E-state index in [4.69, 9.17) is 17.0 Å². The molecule has 0 saturated heterocycles. The molecule has 96 valence electrons. The van der Waals surface area contributed by atoms with Crippen LogP contribution in [0, 0.1) is 0 Å². The lowest BCUT2D eigenvalue weighted by molar-refractivity contribution is 0.179. The van der Waals surface area contributed by atoms with E-state index in [1.807, 2.05) is 6.92 Å². The van der Waals surface area contributed by atoms with Crippen LogP contribution in [0.15, 0.2) is 11.4 Å². The lowest BCUT2D eigenvalue weighted by Crippen LogP contribution is -2.42. The van der Waals surface area contributed by atoms with Gasteiger partial charge in [0, 0.05) is 18.0 Å². The fourth-order valence-corrected chi connectivity index (χ4v) is 2.75. The van der Waals surface area contributed by atoms with Crippen molar-refractivity contribution in [2.75, 3.05) is 13.7 Å². The summed E-state index contributed by atoms with van der Waals surface area (Å²) in [5.74, 6) is 0. The van der Waals surface area contributed by atoms with Crippen molar-refractivity contribution in [2.24, 2.45) is 0 Å². The van der Waals surface area contributed by atoms with Gasteiger partial charge < -0.3 is 15.4 Å². The molecule has 0 aliphatic carbocycles. The number of aryl methyl sites for hydroxylation is 1. The maximum Gasteiger partial charge on any atom is 0.166 e. The second-order valence-corrected chi connectivity index (χ2v) is 5.31. The van der Waals surface area contributed by atoms with Gasteiger partial charge >= 0.3 is 0 Å². The number of hydrogen-bond acceptors (Lipinski definition) is 3. The monoisotopic (exact) mass is 272 g/mol. The number of methoxy groups -OCH3 is 1. The summed E-state index contributed by atoms with van der Waals surface area (Å²) < 4.78 is 5.04. The number of nitrogens with one attached hydrogen (secondary N) is 2. The normalized spacial score (nSPS) is 12.2. The van der Waals surface area contributed by atoms with E-state index < -0.39 is 0 Å². The van der Waals surface area contributed by atoms with Crippen molar-refractivity contribution in [1.29, 1.82) is 0 Å². The molecule has 5 heteroatoms. The van der Waals surface area contributed by atoms with Crippen LogP contribution in [-0.4, -0.2) is 24.9 Å². The number of rotatable bonds is 6. The predicted octanol–water partition coefficient (Wildman–Crippen LogP) is 2.31. The minimum absolute atomic E-state index is 0.231. The van der Waals surface area contributed by atoms with Gasteiger partial charge in [0.05, 0.1) is 13.2 Å². The standard InChI is InChI=1S/C12H20N2OS2/c1-4-10-5-6-17-11(10)7-13-12(16)14-9(2)8-15-3/h5-6,9H,4,7-8H2,1-3H3,(H2,13,14,16). The molecule has 0 spiro atoms. The van der Waals surface area contributed by atoms with Crippen LogP contribution in [0.2, 0.25) is 0 Å². The summed E-state index contributed by atoms with van der Waals surface area (Å²) >= 11 is 6.99. The zero-order chi connectivity index (χ0) is 12.7. The first-order chi connectivity index (χ1) is 8.17. The molecule has 2 N–H and O–H groups in total. The molecule has 0 aromatic carbocycles. The quantitative estimate of drug-likeness (QED) is 0.779. The van der Waals surface area contributed by atoms with Crippen molar-refractivity contribution >= 4 is 28.7 Å². The Labute approximate surface area is 113 Å². The van der Waals surface area contributed by atoms with Crippen LogP contribution in [0.4, 0.5) is 0 Å². The van der Waals surface area contributed by atoms with Gasteiger partial charge in [0.2, 0.25) is 0 Å². The van der Waals surface area contributed by atoms with Crippen molar-refractivity contribution in [1.82, 2.24) is 10.6 Å². The van der Waals surface area contributed by atoms with Gasteiger partial charge in [-0.3, -0.25) is 0 Å². The molecule has 1 atom stereocenters. The van der Waals surface area contributed by atoms with E-state index in [9.17, 15) is 0 Å². The topological polar surface area (TPSA) is 33.3 Å². The lowest BCUT2D eigenvalue weighted by Gasteiger charge is -2.16. The zero-order valence-corrected chi connectivity index (χ0v) is 12.2. The van der Waals surface area contributed by atoms with Crippen LogP contribution in [0.1, 0.15) is 24.3 Å². The molecule has 17 heavy (non-hydrogen) atoms. The maximum atomic E-state index is 5.22. The molecule has 0 saturated carbocycles. The minimum Gasteiger partial charge on any atom is -0.383 e. The summed E-state index contributed by atoms with van der Waals surface area (Å²) in [7, 11) is 1.69. The number of thiocarbonyl (C=S) groups is 1. The van der Waals surface area contributed by atoms with Crippen LogP contribution in [0.5, 0.6) is 0 Å². The fourth-order valence-electron chi connectivity index (χ4n) is 1.56. The third-order valence-corrected chi connectivity index (χ3v) is 3.65. The lowest BCUT2D eigenvalue weighted by atomic mass is 10.2. The first kappa shape index (κ1) is 14.4. The summed E-state index contributed by atoms with van der Waals surface area (Å²) in [5.41, 5.74) is 1.40. The SMILES string of the molecule is CCc1ccsc1CNC(=S)NC(C)COC. The Hall–Kier alpha value is -0.650. The van der Waals surface area contributed by atoms with Crippen molar-refractivity contribution in [3.8, 4) is 0 Å². The number of thiophene rings is 1. The molecule has 0 aliphatic rings. The average Bonchev–Trinajstić information content (AvgIpc) is 2.73. The summed E-state index contributed by atoms with van der Waals surface area (Å²) in [6, 6.07) is 2.40. The zero-order valence-electron chi connectivity index (χ0n) is 10.6. The summed E-state index contributed by atoms with van der Waals surface area (Å²) in [6.07, 6.45) is 1.07. The molecule has 0 amide bonds. The van der Waals surface area contributed by atoms with Crippen LogP contribution in [0.25, 0.3) is 0 Å². The van der Waals surface area contributed by atoms with Crippen LogP contribution in [-0.2, 0) is 17.7 Å². The van der Waals surface area contributed by atoms with Crippen molar-refractivity contribution in [3.05, 3.63) is 21.9 Å². The predicted molar refractivity (Wildman–Crippen MR) is 77.6 cm³/mol. The fraction of sp³-hybridized carbons (Fsp3) is 0.583. The van der Waals surface area contributed by atoms with Gasteiger partial charge in [-0.05, 0) is 42.6 Å². The molecule has 1 aromatic rings. The second kappa shape index (κ2) is 7.63. The molecule has 1 aromatic heterocycles. The molecular formula is C12H20N2OS2. The minimum atomic E-state index is 0.231. The van der Waals surface area contributed by atoms with Crippen molar-refractivity contribution < 1.29 is 4.74 Å². The van der Waals surface area contributed by atoms with Crippen LogP contribution < -0.4 is 10.6 Å². The van der Waals surface area contributed by atoms with E-state index in [1.54, 1.807) is 18.4 Å². The van der Waals surface area contributed by atoms with Crippen LogP contribution in [0.3, 0.4) is 0 Å². The van der Waals surface area contributed by atoms with Gasteiger partial charge in [0.25, 0.3) is 0 Å². The molecular weight excluding hydrogens is 252 g/mol. The van der Waals surface area contributed by atoms with E-state index >= 15 is 0 Å². The van der Waals surface area contributed by atoms with Gasteiger partial charge in [0.15, 0.2) is 5.11 Å². The average molecular weight is 272 g/mol. The molecule has 1 unspecified atom stereocenters. The Kier molecular flexibility index (Phi) is 6.47. The third kappa shape index (κ3) is 5.02. The highest BCUT2D eigenvalue weighted by atomic mass is 32.1. The van der Waals surface area contributed by atoms with E-state index in [2.05, 4.69) is 29.0 Å². The van der Waals surface area contributed by atoms with Crippen molar-refractivity contribution in [2.45, 2.75) is 32.9 Å². The Morgan fingerprint density at radius 3 is 3.00 bits per heavy atom. The van der Waals surface area contributed by atoms with Gasteiger partial charge in [-0.25, -0.2) is 0 Å². The summed E-state index contributed by atoms with van der Waals surface area (Å²) in [5, 5.41) is 9.22. The number of hydrogen-bond donors (Lipinski definition) is 2. The van der Waals surface area contributed by atoms with E-state index in [0.717, 1.165) is 13.0 Å². The van der Waals surface area contributed by atoms with E-state index in [0.29, 0.717) is 11.7 Å². The van der Waals surface area contributed by atoms with E-state index in [1.165, 1.54) is 10.4 Å². The summed E-state index contributed by atoms with van der Waals surface area (Å²) in [6.45, 7) is 5.66. The highest BCUT2D eigenvalue weighted by molar-refractivity contribution is 7.80. The first-order valence-corrected chi connectivity index (χ1v) is 7.04. The summed E-state index contributed by atoms with van der Waals surface area (Å²) in [4.78, 5) is 1.36.